The van der Waals surface area contributed by atoms with E-state index in [2.05, 4.69) is 0 Å². The standard InChI is InChI=1S/C18H26N2O4S/c1-13-11-16(24-3)17(12-14(13)2)25(22,23)20-9-7-19(8-10-20)18(21)15-5-4-6-15/h11-12,15H,4-10H2,1-3H3. The van der Waals surface area contributed by atoms with Gasteiger partial charge in [0.25, 0.3) is 0 Å². The van der Waals surface area contributed by atoms with Crippen LogP contribution in [-0.4, -0.2) is 56.8 Å². The molecule has 3 rings (SSSR count). The van der Waals surface area contributed by atoms with Gasteiger partial charge in [-0.2, -0.15) is 4.31 Å². The van der Waals surface area contributed by atoms with Crippen molar-refractivity contribution in [2.24, 2.45) is 5.92 Å². The number of ether oxygens (including phenoxy) is 1. The Hall–Kier alpha value is -1.60. The van der Waals surface area contributed by atoms with Crippen molar-refractivity contribution in [3.05, 3.63) is 23.3 Å². The Labute approximate surface area is 149 Å². The summed E-state index contributed by atoms with van der Waals surface area (Å²) in [6.45, 7) is 5.40. The van der Waals surface area contributed by atoms with E-state index in [9.17, 15) is 13.2 Å². The number of carbonyl (C=O) groups excluding carboxylic acids is 1. The summed E-state index contributed by atoms with van der Waals surface area (Å²) in [4.78, 5) is 14.3. The first-order chi connectivity index (χ1) is 11.8. The van der Waals surface area contributed by atoms with Gasteiger partial charge in [0.05, 0.1) is 7.11 Å². The highest BCUT2D eigenvalue weighted by Gasteiger charge is 2.35. The van der Waals surface area contributed by atoms with Crippen LogP contribution in [-0.2, 0) is 14.8 Å². The number of hydrogen-bond donors (Lipinski definition) is 0. The fourth-order valence-corrected chi connectivity index (χ4v) is 4.97. The Morgan fingerprint density at radius 3 is 2.20 bits per heavy atom. The van der Waals surface area contributed by atoms with Crippen molar-refractivity contribution in [2.45, 2.75) is 38.0 Å². The number of sulfonamides is 1. The zero-order chi connectivity index (χ0) is 18.2. The van der Waals surface area contributed by atoms with Crippen LogP contribution in [0, 0.1) is 19.8 Å². The van der Waals surface area contributed by atoms with E-state index in [1.54, 1.807) is 12.1 Å². The highest BCUT2D eigenvalue weighted by molar-refractivity contribution is 7.89. The van der Waals surface area contributed by atoms with Crippen LogP contribution in [0.5, 0.6) is 5.75 Å². The minimum atomic E-state index is -3.63. The monoisotopic (exact) mass is 366 g/mol. The summed E-state index contributed by atoms with van der Waals surface area (Å²) in [5, 5.41) is 0. The predicted molar refractivity (Wildman–Crippen MR) is 95.1 cm³/mol. The number of nitrogens with zero attached hydrogens (tertiary/aromatic N) is 2. The van der Waals surface area contributed by atoms with Gasteiger partial charge in [0.2, 0.25) is 15.9 Å². The third-order valence-corrected chi connectivity index (χ3v) is 7.32. The first-order valence-corrected chi connectivity index (χ1v) is 10.2. The second-order valence-electron chi connectivity index (χ2n) is 6.94. The van der Waals surface area contributed by atoms with Crippen LogP contribution >= 0.6 is 0 Å². The summed E-state index contributed by atoms with van der Waals surface area (Å²) in [6.07, 6.45) is 3.06. The van der Waals surface area contributed by atoms with Crippen molar-refractivity contribution in [2.75, 3.05) is 33.3 Å². The lowest BCUT2D eigenvalue weighted by atomic mass is 9.84. The van der Waals surface area contributed by atoms with Crippen LogP contribution in [0.25, 0.3) is 0 Å². The second-order valence-corrected chi connectivity index (χ2v) is 8.85. The molecular weight excluding hydrogens is 340 g/mol. The summed E-state index contributed by atoms with van der Waals surface area (Å²) >= 11 is 0. The Kier molecular flexibility index (Phi) is 5.06. The van der Waals surface area contributed by atoms with E-state index in [0.29, 0.717) is 31.9 Å². The summed E-state index contributed by atoms with van der Waals surface area (Å²) in [6, 6.07) is 3.44. The number of benzene rings is 1. The van der Waals surface area contributed by atoms with E-state index in [0.717, 1.165) is 30.4 Å². The molecule has 6 nitrogen and oxygen atoms in total. The van der Waals surface area contributed by atoms with E-state index in [4.69, 9.17) is 4.74 Å². The molecule has 0 N–H and O–H groups in total. The van der Waals surface area contributed by atoms with Gasteiger partial charge in [-0.3, -0.25) is 4.79 Å². The maximum Gasteiger partial charge on any atom is 0.246 e. The molecule has 0 unspecified atom stereocenters. The third-order valence-electron chi connectivity index (χ3n) is 5.40. The van der Waals surface area contributed by atoms with Crippen LogP contribution < -0.4 is 4.74 Å². The van der Waals surface area contributed by atoms with Crippen LogP contribution in [0.1, 0.15) is 30.4 Å². The van der Waals surface area contributed by atoms with Gasteiger partial charge in [-0.05, 0) is 49.9 Å². The number of aryl methyl sites for hydroxylation is 2. The van der Waals surface area contributed by atoms with Crippen molar-refractivity contribution in [1.29, 1.82) is 0 Å². The minimum absolute atomic E-state index is 0.156. The molecule has 1 amide bonds. The molecule has 1 saturated heterocycles. The molecule has 1 heterocycles. The number of methoxy groups -OCH3 is 1. The van der Waals surface area contributed by atoms with Crippen molar-refractivity contribution in [3.8, 4) is 5.75 Å². The normalized spacial score (nSPS) is 19.6. The second kappa shape index (κ2) is 6.96. The molecule has 7 heteroatoms. The molecule has 0 aromatic heterocycles. The lowest BCUT2D eigenvalue weighted by molar-refractivity contribution is -0.139. The summed E-state index contributed by atoms with van der Waals surface area (Å²) in [7, 11) is -2.15. The number of amides is 1. The molecular formula is C18H26N2O4S. The van der Waals surface area contributed by atoms with E-state index >= 15 is 0 Å². The Bertz CT molecular complexity index is 764. The van der Waals surface area contributed by atoms with Crippen LogP contribution in [0.2, 0.25) is 0 Å². The first-order valence-electron chi connectivity index (χ1n) is 8.78. The van der Waals surface area contributed by atoms with Gasteiger partial charge in [-0.15, -0.1) is 0 Å². The molecule has 1 saturated carbocycles. The zero-order valence-electron chi connectivity index (χ0n) is 15.1. The molecule has 1 aliphatic heterocycles. The molecule has 0 spiro atoms. The lowest BCUT2D eigenvalue weighted by Gasteiger charge is -2.37. The Balaban J connectivity index is 1.76. The third kappa shape index (κ3) is 3.40. The molecule has 0 radical (unpaired) electrons. The molecule has 1 aliphatic carbocycles. The van der Waals surface area contributed by atoms with E-state index < -0.39 is 10.0 Å². The Morgan fingerprint density at radius 2 is 1.68 bits per heavy atom. The highest BCUT2D eigenvalue weighted by Crippen LogP contribution is 2.31. The average molecular weight is 366 g/mol. The van der Waals surface area contributed by atoms with Crippen molar-refractivity contribution in [1.82, 2.24) is 9.21 Å². The molecule has 1 aromatic rings. The van der Waals surface area contributed by atoms with E-state index in [1.165, 1.54) is 11.4 Å². The quantitative estimate of drug-likeness (QED) is 0.817. The van der Waals surface area contributed by atoms with Crippen LogP contribution in [0.15, 0.2) is 17.0 Å². The topological polar surface area (TPSA) is 66.9 Å². The van der Waals surface area contributed by atoms with Gasteiger partial charge < -0.3 is 9.64 Å². The van der Waals surface area contributed by atoms with Gasteiger partial charge in [0.1, 0.15) is 10.6 Å². The lowest BCUT2D eigenvalue weighted by Crippen LogP contribution is -2.52. The van der Waals surface area contributed by atoms with E-state index in [-0.39, 0.29) is 16.7 Å². The van der Waals surface area contributed by atoms with Gasteiger partial charge in [-0.1, -0.05) is 6.42 Å². The largest absolute Gasteiger partial charge is 0.495 e. The van der Waals surface area contributed by atoms with Crippen LogP contribution in [0.4, 0.5) is 0 Å². The van der Waals surface area contributed by atoms with Gasteiger partial charge in [-0.25, -0.2) is 8.42 Å². The summed E-state index contributed by atoms with van der Waals surface area (Å²) in [5.74, 6) is 0.714. The molecule has 0 atom stereocenters. The molecule has 138 valence electrons. The van der Waals surface area contributed by atoms with Gasteiger partial charge >= 0.3 is 0 Å². The Morgan fingerprint density at radius 1 is 1.08 bits per heavy atom. The predicted octanol–water partition coefficient (Wildman–Crippen LogP) is 1.95. The molecule has 2 fully saturated rings. The molecule has 0 bridgehead atoms. The molecule has 2 aliphatic rings. The highest BCUT2D eigenvalue weighted by atomic mass is 32.2. The van der Waals surface area contributed by atoms with Gasteiger partial charge in [0.15, 0.2) is 0 Å². The van der Waals surface area contributed by atoms with Crippen molar-refractivity contribution in [3.63, 3.8) is 0 Å². The molecule has 1 aromatic carbocycles. The maximum atomic E-state index is 13.1. The number of piperazine rings is 1. The number of hydrogen-bond acceptors (Lipinski definition) is 4. The smallest absolute Gasteiger partial charge is 0.246 e. The van der Waals surface area contributed by atoms with Crippen molar-refractivity contribution >= 4 is 15.9 Å². The average Bonchev–Trinajstić information content (AvgIpc) is 2.55. The fourth-order valence-electron chi connectivity index (χ4n) is 3.33. The minimum Gasteiger partial charge on any atom is -0.495 e. The number of rotatable bonds is 4. The zero-order valence-corrected chi connectivity index (χ0v) is 15.9. The van der Waals surface area contributed by atoms with Crippen molar-refractivity contribution < 1.29 is 17.9 Å². The summed E-state index contributed by atoms with van der Waals surface area (Å²) < 4.78 is 32.9. The maximum absolute atomic E-state index is 13.1. The van der Waals surface area contributed by atoms with Gasteiger partial charge in [0, 0.05) is 32.1 Å². The van der Waals surface area contributed by atoms with E-state index in [1.807, 2.05) is 18.7 Å². The molecule has 25 heavy (non-hydrogen) atoms. The summed E-state index contributed by atoms with van der Waals surface area (Å²) in [5.41, 5.74) is 1.91. The number of carbonyl (C=O) groups is 1. The van der Waals surface area contributed by atoms with Crippen LogP contribution in [0.3, 0.4) is 0 Å². The fraction of sp³-hybridized carbons (Fsp3) is 0.611. The SMILES string of the molecule is COc1cc(C)c(C)cc1S(=O)(=O)N1CCN(C(=O)C2CCC2)CC1. The first kappa shape index (κ1) is 18.2.